The minimum atomic E-state index is -4.71. The first-order valence-electron chi connectivity index (χ1n) is 35.7. The second-order valence-corrected chi connectivity index (χ2v) is 26.8. The third kappa shape index (κ3) is 63.9. The van der Waals surface area contributed by atoms with Gasteiger partial charge in [-0.3, -0.25) is 14.2 Å². The lowest BCUT2D eigenvalue weighted by Gasteiger charge is -2.30. The Labute approximate surface area is 521 Å². The molecule has 0 aliphatic heterocycles. The first-order chi connectivity index (χ1) is 40.9. The van der Waals surface area contributed by atoms with Crippen molar-refractivity contribution in [1.29, 1.82) is 0 Å². The Morgan fingerprint density at radius 2 is 0.726 bits per heavy atom. The lowest BCUT2D eigenvalue weighted by Crippen LogP contribution is -2.47. The smallest absolute Gasteiger partial charge is 0.306 e. The van der Waals surface area contributed by atoms with Gasteiger partial charge < -0.3 is 28.5 Å². The van der Waals surface area contributed by atoms with E-state index in [0.29, 0.717) is 17.4 Å². The van der Waals surface area contributed by atoms with Gasteiger partial charge in [-0.1, -0.05) is 293 Å². The molecule has 0 aliphatic carbocycles. The normalized spacial score (nSPS) is 13.9. The predicted molar refractivity (Wildman–Crippen MR) is 362 cm³/mol. The second-order valence-electron chi connectivity index (χ2n) is 25.4. The molecule has 9 nitrogen and oxygen atoms in total. The molecule has 3 unspecified atom stereocenters. The van der Waals surface area contributed by atoms with Crippen molar-refractivity contribution in [3.63, 3.8) is 0 Å². The number of likely N-dealkylation sites (N-methyl/N-ethyl adjacent to an activating group) is 1. The topological polar surface area (TPSA) is 114 Å². The maximum absolute atomic E-state index is 13.6. The second kappa shape index (κ2) is 63.5. The highest BCUT2D eigenvalue weighted by molar-refractivity contribution is 7.45. The molecule has 0 aliphatic rings. The van der Waals surface area contributed by atoms with Crippen LogP contribution < -0.4 is 10.2 Å². The molecule has 0 rings (SSSR count). The van der Waals surface area contributed by atoms with Gasteiger partial charge in [0.05, 0.1) is 33.8 Å². The van der Waals surface area contributed by atoms with E-state index in [9.17, 15) is 19.0 Å². The lowest BCUT2D eigenvalue weighted by molar-refractivity contribution is -0.870. The number of allylic oxidation sites excluding steroid dienone is 11. The molecule has 0 aromatic carbocycles. The molecule has 1 N–H and O–H groups in total. The molecule has 84 heavy (non-hydrogen) atoms. The number of amides is 1. The van der Waals surface area contributed by atoms with Gasteiger partial charge in [-0.05, 0) is 102 Å². The zero-order chi connectivity index (χ0) is 61.4. The molecule has 0 aromatic heterocycles. The molecule has 490 valence electrons. The number of ether oxygens (including phenoxy) is 1. The van der Waals surface area contributed by atoms with Crippen LogP contribution in [0.3, 0.4) is 0 Å². The summed E-state index contributed by atoms with van der Waals surface area (Å²) in [7, 11) is 1.18. The quantitative estimate of drug-likeness (QED) is 0.0212. The zero-order valence-electron chi connectivity index (χ0n) is 56.1. The minimum absolute atomic E-state index is 0.0245. The van der Waals surface area contributed by atoms with Crippen LogP contribution in [0.1, 0.15) is 335 Å². The van der Waals surface area contributed by atoms with Crippen molar-refractivity contribution in [3.05, 3.63) is 72.9 Å². The molecule has 0 aromatic rings. The highest BCUT2D eigenvalue weighted by Crippen LogP contribution is 2.38. The number of carbonyl (C=O) groups is 2. The summed E-state index contributed by atoms with van der Waals surface area (Å²) in [5.74, 6) is -0.539. The molecular weight excluding hydrogens is 1060 g/mol. The van der Waals surface area contributed by atoms with Gasteiger partial charge in [0.25, 0.3) is 7.82 Å². The molecule has 10 heteroatoms. The number of nitrogens with one attached hydrogen (secondary N) is 1. The Hall–Kier alpha value is -2.55. The summed E-state index contributed by atoms with van der Waals surface area (Å²) in [6.45, 7) is 6.84. The van der Waals surface area contributed by atoms with Crippen LogP contribution in [0.4, 0.5) is 0 Å². The van der Waals surface area contributed by atoms with Crippen molar-refractivity contribution in [1.82, 2.24) is 5.32 Å². The van der Waals surface area contributed by atoms with E-state index in [4.69, 9.17) is 13.8 Å². The number of unbranched alkanes of at least 4 members (excludes halogenated alkanes) is 39. The zero-order valence-corrected chi connectivity index (χ0v) is 57.0. The average Bonchev–Trinajstić information content (AvgIpc) is 3.64. The molecular formula is C74H137N2O7P. The van der Waals surface area contributed by atoms with Gasteiger partial charge in [0.2, 0.25) is 5.91 Å². The Balaban J connectivity index is 5.08. The Morgan fingerprint density at radius 1 is 0.417 bits per heavy atom. The van der Waals surface area contributed by atoms with Crippen molar-refractivity contribution in [3.8, 4) is 0 Å². The van der Waals surface area contributed by atoms with Gasteiger partial charge in [0, 0.05) is 12.8 Å². The lowest BCUT2D eigenvalue weighted by atomic mass is 10.0. The Kier molecular flexibility index (Phi) is 61.5. The van der Waals surface area contributed by atoms with Gasteiger partial charge in [0.15, 0.2) is 0 Å². The van der Waals surface area contributed by atoms with Crippen molar-refractivity contribution >= 4 is 19.7 Å². The maximum atomic E-state index is 13.6. The van der Waals surface area contributed by atoms with Crippen molar-refractivity contribution < 1.29 is 37.3 Å². The van der Waals surface area contributed by atoms with Crippen LogP contribution in [-0.4, -0.2) is 69.4 Å². The molecule has 3 atom stereocenters. The van der Waals surface area contributed by atoms with Crippen LogP contribution >= 0.6 is 7.82 Å². The monoisotopic (exact) mass is 1200 g/mol. The van der Waals surface area contributed by atoms with Crippen molar-refractivity contribution in [2.24, 2.45) is 0 Å². The molecule has 0 fully saturated rings. The molecule has 0 spiro atoms. The Bertz CT molecular complexity index is 1670. The van der Waals surface area contributed by atoms with E-state index in [1.165, 1.54) is 212 Å². The van der Waals surface area contributed by atoms with Gasteiger partial charge in [-0.25, -0.2) is 0 Å². The molecule has 0 saturated carbocycles. The van der Waals surface area contributed by atoms with Crippen LogP contribution in [0.15, 0.2) is 72.9 Å². The van der Waals surface area contributed by atoms with Crippen LogP contribution in [0.5, 0.6) is 0 Å². The fourth-order valence-electron chi connectivity index (χ4n) is 10.3. The van der Waals surface area contributed by atoms with Crippen LogP contribution in [0.25, 0.3) is 0 Å². The summed E-state index contributed by atoms with van der Waals surface area (Å²) in [4.78, 5) is 40.2. The number of quaternary nitrogens is 1. The summed E-state index contributed by atoms with van der Waals surface area (Å²) in [5.41, 5.74) is 0. The summed E-state index contributed by atoms with van der Waals surface area (Å²) < 4.78 is 30.4. The molecule has 0 heterocycles. The van der Waals surface area contributed by atoms with Crippen LogP contribution in [-0.2, 0) is 27.9 Å². The van der Waals surface area contributed by atoms with Gasteiger partial charge >= 0.3 is 5.97 Å². The number of esters is 1. The Morgan fingerprint density at radius 3 is 1.12 bits per heavy atom. The number of hydrogen-bond donors (Lipinski definition) is 1. The standard InChI is InChI=1S/C74H137N2O7P/c1-7-10-13-16-19-22-25-28-30-32-34-36-37-38-39-41-43-45-47-49-52-55-58-61-64-67-74(78)83-72(65-62-59-56-53-50-27-24-21-18-15-12-9-3)71(70-82-84(79,80)81-69-68-76(4,5)6)75-73(77)66-63-60-57-54-51-48-46-44-42-40-35-33-31-29-26-23-20-17-14-11-8-2/h19,22,28-31,34,36,38-39,62,65,71-72H,7-18,20-21,23-27,32-33,35,37,40-61,63-64,66-70H2,1-6H3,(H-,75,77,79,80)/b22-19-,30-28-,31-29+,36-34-,39-38-,65-62+. The summed E-state index contributed by atoms with van der Waals surface area (Å²) >= 11 is 0. The van der Waals surface area contributed by atoms with E-state index >= 15 is 0 Å². The average molecular weight is 1200 g/mol. The van der Waals surface area contributed by atoms with E-state index in [0.717, 1.165) is 89.9 Å². The number of phosphoric ester groups is 1. The number of carbonyl (C=O) groups excluding carboxylic acids is 2. The van der Waals surface area contributed by atoms with E-state index in [-0.39, 0.29) is 24.9 Å². The summed E-state index contributed by atoms with van der Waals surface area (Å²) in [6.07, 6.45) is 83.0. The third-order valence-electron chi connectivity index (χ3n) is 15.9. The fourth-order valence-corrected chi connectivity index (χ4v) is 11.0. The number of nitrogens with zero attached hydrogens (tertiary/aromatic N) is 1. The van der Waals surface area contributed by atoms with Crippen molar-refractivity contribution in [2.75, 3.05) is 40.9 Å². The van der Waals surface area contributed by atoms with Gasteiger partial charge in [-0.2, -0.15) is 0 Å². The van der Waals surface area contributed by atoms with Gasteiger partial charge in [0.1, 0.15) is 19.3 Å². The van der Waals surface area contributed by atoms with E-state index in [2.05, 4.69) is 86.8 Å². The van der Waals surface area contributed by atoms with E-state index < -0.39 is 26.6 Å². The van der Waals surface area contributed by atoms with Crippen LogP contribution in [0.2, 0.25) is 0 Å². The van der Waals surface area contributed by atoms with Crippen LogP contribution in [0, 0.1) is 0 Å². The van der Waals surface area contributed by atoms with E-state index in [1.807, 2.05) is 33.3 Å². The number of hydrogen-bond acceptors (Lipinski definition) is 7. The maximum Gasteiger partial charge on any atom is 0.306 e. The largest absolute Gasteiger partial charge is 0.756 e. The first-order valence-corrected chi connectivity index (χ1v) is 37.2. The number of rotatable bonds is 65. The molecule has 0 bridgehead atoms. The first kappa shape index (κ1) is 81.5. The van der Waals surface area contributed by atoms with Crippen molar-refractivity contribution in [2.45, 2.75) is 348 Å². The highest BCUT2D eigenvalue weighted by atomic mass is 31.2. The molecule has 0 saturated heterocycles. The highest BCUT2D eigenvalue weighted by Gasteiger charge is 2.27. The minimum Gasteiger partial charge on any atom is -0.756 e. The fraction of sp³-hybridized carbons (Fsp3) is 0.811. The summed E-state index contributed by atoms with van der Waals surface area (Å²) in [6, 6.07) is -0.894. The number of phosphoric acid groups is 1. The van der Waals surface area contributed by atoms with Gasteiger partial charge in [-0.15, -0.1) is 0 Å². The molecule has 1 amide bonds. The molecule has 0 radical (unpaired) electrons. The van der Waals surface area contributed by atoms with E-state index in [1.54, 1.807) is 0 Å². The SMILES string of the molecule is CCCCC/C=C\C/C=C\C/C=C\C/C=C\CCCCCCCCCCCC(=O)OC(/C=C/CCCCCCCCCCCC)C(COP(=O)([O-])OCC[N+](C)(C)C)NC(=O)CCCCCCCCCCCCC/C=C/CCCCCCCC. The third-order valence-corrected chi connectivity index (χ3v) is 16.8. The summed E-state index contributed by atoms with van der Waals surface area (Å²) in [5, 5.41) is 3.04. The predicted octanol–water partition coefficient (Wildman–Crippen LogP) is 22.1.